The molecule has 0 bridgehead atoms. The number of hydrogen-bond donors (Lipinski definition) is 3. The van der Waals surface area contributed by atoms with Crippen LogP contribution in [0, 0.1) is 13.8 Å². The van der Waals surface area contributed by atoms with Gasteiger partial charge in [-0.15, -0.1) is 0 Å². The molecule has 102 valence electrons. The van der Waals surface area contributed by atoms with E-state index in [-0.39, 0.29) is 6.61 Å². The monoisotopic (exact) mass is 261 g/mol. The molecule has 0 aliphatic carbocycles. The summed E-state index contributed by atoms with van der Waals surface area (Å²) in [6, 6.07) is 3.57. The van der Waals surface area contributed by atoms with Gasteiger partial charge in [-0.1, -0.05) is 6.07 Å². The molecule has 2 rings (SSSR count). The lowest BCUT2D eigenvalue weighted by Crippen LogP contribution is -2.15. The highest BCUT2D eigenvalue weighted by atomic mass is 16.5. The van der Waals surface area contributed by atoms with Gasteiger partial charge in [-0.05, 0) is 31.0 Å². The number of aromatic nitrogens is 2. The maximum absolute atomic E-state index is 9.05. The van der Waals surface area contributed by atoms with E-state index in [9.17, 15) is 0 Å². The number of nitrogens with one attached hydrogen (secondary N) is 1. The number of imidazole rings is 1. The van der Waals surface area contributed by atoms with E-state index in [1.54, 1.807) is 13.3 Å². The van der Waals surface area contributed by atoms with Gasteiger partial charge in [0.25, 0.3) is 0 Å². The summed E-state index contributed by atoms with van der Waals surface area (Å²) >= 11 is 0. The van der Waals surface area contributed by atoms with Crippen molar-refractivity contribution in [3.8, 4) is 17.0 Å². The molecule has 5 heteroatoms. The van der Waals surface area contributed by atoms with Crippen molar-refractivity contribution in [1.82, 2.24) is 9.97 Å². The third kappa shape index (κ3) is 2.62. The van der Waals surface area contributed by atoms with Gasteiger partial charge in [0.2, 0.25) is 0 Å². The number of H-pyrrole nitrogens is 1. The van der Waals surface area contributed by atoms with Crippen molar-refractivity contribution in [2.75, 3.05) is 13.7 Å². The number of nitrogens with zero attached hydrogens (tertiary/aromatic N) is 1. The van der Waals surface area contributed by atoms with Crippen LogP contribution in [0.1, 0.15) is 23.0 Å². The number of aliphatic hydroxyl groups is 1. The van der Waals surface area contributed by atoms with E-state index in [0.717, 1.165) is 28.1 Å². The first-order chi connectivity index (χ1) is 9.06. The minimum absolute atomic E-state index is 0.142. The largest absolute Gasteiger partial charge is 0.496 e. The Kier molecular flexibility index (Phi) is 3.87. The molecule has 5 nitrogen and oxygen atoms in total. The van der Waals surface area contributed by atoms with Crippen LogP contribution in [-0.4, -0.2) is 28.8 Å². The van der Waals surface area contributed by atoms with Crippen molar-refractivity contribution in [1.29, 1.82) is 0 Å². The van der Waals surface area contributed by atoms with Crippen LogP contribution in [0.25, 0.3) is 11.3 Å². The Balaban J connectivity index is 2.49. The summed E-state index contributed by atoms with van der Waals surface area (Å²) in [6.07, 6.45) is 1.71. The van der Waals surface area contributed by atoms with Crippen LogP contribution in [0.4, 0.5) is 0 Å². The Morgan fingerprint density at radius 1 is 1.42 bits per heavy atom. The van der Waals surface area contributed by atoms with Gasteiger partial charge in [0.1, 0.15) is 11.6 Å². The summed E-state index contributed by atoms with van der Waals surface area (Å²) in [7, 11) is 1.65. The Labute approximate surface area is 112 Å². The van der Waals surface area contributed by atoms with E-state index < -0.39 is 6.04 Å². The van der Waals surface area contributed by atoms with Crippen molar-refractivity contribution < 1.29 is 9.84 Å². The Bertz CT molecular complexity index is 578. The van der Waals surface area contributed by atoms with Gasteiger partial charge in [0.05, 0.1) is 31.6 Å². The molecule has 1 unspecified atom stereocenters. The van der Waals surface area contributed by atoms with Crippen LogP contribution in [0.15, 0.2) is 18.3 Å². The molecule has 1 atom stereocenters. The highest BCUT2D eigenvalue weighted by Gasteiger charge is 2.15. The number of rotatable bonds is 4. The number of aliphatic hydroxyl groups excluding tert-OH is 1. The predicted octanol–water partition coefficient (Wildman–Crippen LogP) is 1.69. The molecule has 2 aromatic rings. The topological polar surface area (TPSA) is 84.2 Å². The van der Waals surface area contributed by atoms with Gasteiger partial charge in [0, 0.05) is 5.56 Å². The molecule has 0 spiro atoms. The van der Waals surface area contributed by atoms with Crippen molar-refractivity contribution in [2.45, 2.75) is 19.9 Å². The normalized spacial score (nSPS) is 12.5. The molecule has 1 heterocycles. The zero-order valence-electron chi connectivity index (χ0n) is 11.4. The van der Waals surface area contributed by atoms with E-state index in [4.69, 9.17) is 15.6 Å². The van der Waals surface area contributed by atoms with Crippen LogP contribution < -0.4 is 10.5 Å². The summed E-state index contributed by atoms with van der Waals surface area (Å²) in [6.45, 7) is 3.91. The third-order valence-electron chi connectivity index (χ3n) is 3.08. The second kappa shape index (κ2) is 5.42. The van der Waals surface area contributed by atoms with Gasteiger partial charge < -0.3 is 20.6 Å². The average Bonchev–Trinajstić information content (AvgIpc) is 2.85. The molecule has 1 aromatic heterocycles. The SMILES string of the molecule is COc1cc(C)cc(C)c1-c1cnc(C(N)CO)[nH]1. The Morgan fingerprint density at radius 2 is 2.16 bits per heavy atom. The molecule has 0 radical (unpaired) electrons. The number of ether oxygens (including phenoxy) is 1. The van der Waals surface area contributed by atoms with Gasteiger partial charge in [-0.2, -0.15) is 0 Å². The van der Waals surface area contributed by atoms with Gasteiger partial charge >= 0.3 is 0 Å². The highest BCUT2D eigenvalue weighted by Crippen LogP contribution is 2.33. The Morgan fingerprint density at radius 3 is 2.79 bits per heavy atom. The van der Waals surface area contributed by atoms with Crippen LogP contribution in [0.5, 0.6) is 5.75 Å². The van der Waals surface area contributed by atoms with E-state index in [1.165, 1.54) is 0 Å². The lowest BCUT2D eigenvalue weighted by molar-refractivity contribution is 0.264. The third-order valence-corrected chi connectivity index (χ3v) is 3.08. The zero-order valence-corrected chi connectivity index (χ0v) is 11.4. The minimum Gasteiger partial charge on any atom is -0.496 e. The lowest BCUT2D eigenvalue weighted by atomic mass is 10.0. The summed E-state index contributed by atoms with van der Waals surface area (Å²) in [4.78, 5) is 7.35. The summed E-state index contributed by atoms with van der Waals surface area (Å²) in [5, 5.41) is 9.05. The number of aryl methyl sites for hydroxylation is 2. The number of benzene rings is 1. The summed E-state index contributed by atoms with van der Waals surface area (Å²) < 4.78 is 5.43. The molecule has 0 aliphatic rings. The molecule has 0 saturated heterocycles. The number of methoxy groups -OCH3 is 1. The minimum atomic E-state index is -0.495. The Hall–Kier alpha value is -1.85. The average molecular weight is 261 g/mol. The maximum Gasteiger partial charge on any atom is 0.128 e. The van der Waals surface area contributed by atoms with Gasteiger partial charge in [-0.3, -0.25) is 0 Å². The first-order valence-electron chi connectivity index (χ1n) is 6.13. The van der Waals surface area contributed by atoms with E-state index >= 15 is 0 Å². The molecule has 1 aromatic carbocycles. The van der Waals surface area contributed by atoms with E-state index in [2.05, 4.69) is 16.0 Å². The molecule has 19 heavy (non-hydrogen) atoms. The molecule has 0 amide bonds. The van der Waals surface area contributed by atoms with Crippen LogP contribution in [-0.2, 0) is 0 Å². The van der Waals surface area contributed by atoms with Gasteiger partial charge in [-0.25, -0.2) is 4.98 Å². The quantitative estimate of drug-likeness (QED) is 0.782. The molecule has 0 aliphatic heterocycles. The second-order valence-electron chi connectivity index (χ2n) is 4.63. The van der Waals surface area contributed by atoms with Gasteiger partial charge in [0.15, 0.2) is 0 Å². The maximum atomic E-state index is 9.05. The van der Waals surface area contributed by atoms with E-state index in [0.29, 0.717) is 5.82 Å². The van der Waals surface area contributed by atoms with Crippen molar-refractivity contribution >= 4 is 0 Å². The highest BCUT2D eigenvalue weighted by molar-refractivity contribution is 5.71. The van der Waals surface area contributed by atoms with Crippen LogP contribution in [0.2, 0.25) is 0 Å². The van der Waals surface area contributed by atoms with Crippen molar-refractivity contribution in [3.05, 3.63) is 35.3 Å². The first kappa shape index (κ1) is 13.6. The van der Waals surface area contributed by atoms with Crippen molar-refractivity contribution in [3.63, 3.8) is 0 Å². The smallest absolute Gasteiger partial charge is 0.128 e. The first-order valence-corrected chi connectivity index (χ1v) is 6.13. The standard InChI is InChI=1S/C14H19N3O2/c1-8-4-9(2)13(12(5-8)19-3)11-6-16-14(17-11)10(15)7-18/h4-6,10,18H,7,15H2,1-3H3,(H,16,17). The fraction of sp³-hybridized carbons (Fsp3) is 0.357. The number of aromatic amines is 1. The fourth-order valence-corrected chi connectivity index (χ4v) is 2.17. The molecular weight excluding hydrogens is 242 g/mol. The fourth-order valence-electron chi connectivity index (χ4n) is 2.17. The summed E-state index contributed by atoms with van der Waals surface area (Å²) in [5.74, 6) is 1.37. The van der Waals surface area contributed by atoms with Crippen LogP contribution in [0.3, 0.4) is 0 Å². The van der Waals surface area contributed by atoms with E-state index in [1.807, 2.05) is 19.9 Å². The lowest BCUT2D eigenvalue weighted by Gasteiger charge is -2.11. The zero-order chi connectivity index (χ0) is 14.0. The molecule has 0 fully saturated rings. The number of hydrogen-bond acceptors (Lipinski definition) is 4. The second-order valence-corrected chi connectivity index (χ2v) is 4.63. The summed E-state index contributed by atoms with van der Waals surface area (Å²) in [5.41, 5.74) is 9.80. The molecular formula is C14H19N3O2. The van der Waals surface area contributed by atoms with Crippen LogP contribution >= 0.6 is 0 Å². The van der Waals surface area contributed by atoms with Crippen molar-refractivity contribution in [2.24, 2.45) is 5.73 Å². The molecule has 4 N–H and O–H groups in total. The number of nitrogens with two attached hydrogens (primary N) is 1. The predicted molar refractivity (Wildman–Crippen MR) is 74.1 cm³/mol. The molecule has 0 saturated carbocycles.